The fourth-order valence-corrected chi connectivity index (χ4v) is 4.94. The molecular weight excluding hydrogens is 592 g/mol. The van der Waals surface area contributed by atoms with Crippen LogP contribution in [0.2, 0.25) is 0 Å². The first-order valence-electron chi connectivity index (χ1n) is 14.8. The van der Waals surface area contributed by atoms with Crippen molar-refractivity contribution < 1.29 is 40.7 Å². The zero-order chi connectivity index (χ0) is 32.4. The average molecular weight is 630 g/mol. The van der Waals surface area contributed by atoms with Crippen molar-refractivity contribution in [1.29, 1.82) is 0 Å². The highest BCUT2D eigenvalue weighted by Crippen LogP contribution is 2.44. The molecule has 3 aliphatic rings. The number of nitrogens with zero attached hydrogens (tertiary/aromatic N) is 2. The Morgan fingerprint density at radius 1 is 1.05 bits per heavy atom. The van der Waals surface area contributed by atoms with E-state index in [1.165, 1.54) is 28.8 Å². The number of aromatic nitrogens is 2. The van der Waals surface area contributed by atoms with E-state index in [2.05, 4.69) is 10.4 Å². The Labute approximate surface area is 251 Å². The monoisotopic (exact) mass is 629 g/mol. The predicted molar refractivity (Wildman–Crippen MR) is 150 cm³/mol. The summed E-state index contributed by atoms with van der Waals surface area (Å²) in [4.78, 5) is 36.9. The van der Waals surface area contributed by atoms with Crippen LogP contribution < -0.4 is 16.0 Å². The second kappa shape index (κ2) is 13.2. The van der Waals surface area contributed by atoms with Gasteiger partial charge in [-0.3, -0.25) is 19.1 Å². The van der Waals surface area contributed by atoms with E-state index in [4.69, 9.17) is 0 Å². The number of hydrogen-bond donors (Lipinski definition) is 3. The van der Waals surface area contributed by atoms with Crippen LogP contribution in [0.25, 0.3) is 0 Å². The Hall–Kier alpha value is -3.58. The van der Waals surface area contributed by atoms with E-state index in [1.54, 1.807) is 46.0 Å². The molecule has 14 heteroatoms. The molecule has 3 aliphatic carbocycles. The Balaban J connectivity index is 0.000000544. The maximum absolute atomic E-state index is 14.7. The summed E-state index contributed by atoms with van der Waals surface area (Å²) in [7, 11) is 0. The number of anilines is 1. The molecule has 5 rings (SSSR count). The van der Waals surface area contributed by atoms with E-state index in [0.29, 0.717) is 12.1 Å². The number of carbonyl (C=O) groups is 3. The van der Waals surface area contributed by atoms with Crippen LogP contribution in [0.15, 0.2) is 24.4 Å². The summed E-state index contributed by atoms with van der Waals surface area (Å²) in [6.45, 7) is 3.90. The van der Waals surface area contributed by atoms with Crippen molar-refractivity contribution in [2.75, 3.05) is 11.9 Å². The second-order valence-corrected chi connectivity index (χ2v) is 12.1. The van der Waals surface area contributed by atoms with Gasteiger partial charge in [0.05, 0.1) is 29.8 Å². The van der Waals surface area contributed by atoms with Gasteiger partial charge in [0.2, 0.25) is 11.8 Å². The Morgan fingerprint density at radius 2 is 1.68 bits per heavy atom. The number of halogens is 6. The van der Waals surface area contributed by atoms with Crippen LogP contribution in [0.1, 0.15) is 99.3 Å². The highest BCUT2D eigenvalue weighted by molar-refractivity contribution is 5.98. The molecule has 0 radical (unpaired) electrons. The number of nitrogens with one attached hydrogen (secondary N) is 3. The highest BCUT2D eigenvalue weighted by atomic mass is 19.4. The lowest BCUT2D eigenvalue weighted by Gasteiger charge is -2.37. The van der Waals surface area contributed by atoms with E-state index in [-0.39, 0.29) is 18.2 Å². The maximum atomic E-state index is 14.7. The summed E-state index contributed by atoms with van der Waals surface area (Å²) in [5.74, 6) is -6.49. The van der Waals surface area contributed by atoms with Crippen molar-refractivity contribution in [2.45, 2.75) is 95.8 Å². The lowest BCUT2D eigenvalue weighted by atomic mass is 9.86. The van der Waals surface area contributed by atoms with Gasteiger partial charge in [0.25, 0.3) is 11.8 Å². The molecule has 2 aromatic rings. The van der Waals surface area contributed by atoms with E-state index in [1.807, 2.05) is 10.6 Å². The molecule has 2 unspecified atom stereocenters. The fourth-order valence-electron chi connectivity index (χ4n) is 4.94. The summed E-state index contributed by atoms with van der Waals surface area (Å²) < 4.78 is 84.2. The van der Waals surface area contributed by atoms with Crippen LogP contribution in [0, 0.1) is 17.7 Å². The molecule has 2 atom stereocenters. The number of hydrogen-bond acceptors (Lipinski definition) is 4. The van der Waals surface area contributed by atoms with Gasteiger partial charge in [-0.15, -0.1) is 0 Å². The van der Waals surface area contributed by atoms with Gasteiger partial charge in [0.1, 0.15) is 11.5 Å². The van der Waals surface area contributed by atoms with E-state index in [9.17, 15) is 40.7 Å². The van der Waals surface area contributed by atoms with Gasteiger partial charge in [0, 0.05) is 18.7 Å². The van der Waals surface area contributed by atoms with E-state index < -0.39 is 77.4 Å². The maximum Gasteiger partial charge on any atom is 0.416 e. The minimum Gasteiger partial charge on any atom is -0.347 e. The third-order valence-corrected chi connectivity index (χ3v) is 8.03. The minimum absolute atomic E-state index is 0.0345. The minimum atomic E-state index is -5.05. The van der Waals surface area contributed by atoms with Gasteiger partial charge in [-0.05, 0) is 69.2 Å². The van der Waals surface area contributed by atoms with Crippen LogP contribution in [-0.2, 0) is 15.8 Å². The molecule has 3 fully saturated rings. The van der Waals surface area contributed by atoms with E-state index >= 15 is 0 Å². The largest absolute Gasteiger partial charge is 0.416 e. The Morgan fingerprint density at radius 3 is 2.18 bits per heavy atom. The molecule has 3 N–H and O–H groups in total. The third kappa shape index (κ3) is 8.53. The first-order chi connectivity index (χ1) is 20.6. The molecule has 44 heavy (non-hydrogen) atoms. The summed E-state index contributed by atoms with van der Waals surface area (Å²) in [6.07, 6.45) is 3.63. The molecule has 0 saturated heterocycles. The number of carbonyl (C=O) groups excluding carboxylic acids is 3. The molecule has 3 amide bonds. The summed E-state index contributed by atoms with van der Waals surface area (Å²) in [6, 6.07) is 0.494. The van der Waals surface area contributed by atoms with Crippen molar-refractivity contribution >= 4 is 23.4 Å². The molecule has 8 nitrogen and oxygen atoms in total. The third-order valence-electron chi connectivity index (χ3n) is 8.03. The average Bonchev–Trinajstić information content (AvgIpc) is 3.89. The second-order valence-electron chi connectivity index (χ2n) is 12.1. The Kier molecular flexibility index (Phi) is 9.99. The Bertz CT molecular complexity index is 1360. The van der Waals surface area contributed by atoms with Gasteiger partial charge < -0.3 is 16.0 Å². The molecule has 3 saturated carbocycles. The quantitative estimate of drug-likeness (QED) is 0.272. The van der Waals surface area contributed by atoms with Crippen molar-refractivity contribution in [3.05, 3.63) is 47.0 Å². The van der Waals surface area contributed by atoms with Gasteiger partial charge in [0.15, 0.2) is 0 Å². The normalized spacial score (nSPS) is 19.7. The number of amides is 3. The predicted octanol–water partition coefficient (Wildman–Crippen LogP) is 6.20. The summed E-state index contributed by atoms with van der Waals surface area (Å²) in [5.41, 5.74) is -2.89. The summed E-state index contributed by atoms with van der Waals surface area (Å²) >= 11 is 0. The van der Waals surface area contributed by atoms with Gasteiger partial charge in [-0.25, -0.2) is 13.2 Å². The smallest absolute Gasteiger partial charge is 0.347 e. The molecule has 0 aliphatic heterocycles. The van der Waals surface area contributed by atoms with Gasteiger partial charge in [-0.2, -0.15) is 18.3 Å². The molecular formula is C30H37F6N5O3. The van der Waals surface area contributed by atoms with Crippen LogP contribution in [0.5, 0.6) is 0 Å². The number of alkyl halides is 5. The van der Waals surface area contributed by atoms with Crippen molar-refractivity contribution in [1.82, 2.24) is 20.4 Å². The first kappa shape index (κ1) is 33.3. The zero-order valence-corrected chi connectivity index (χ0v) is 24.7. The highest BCUT2D eigenvalue weighted by Gasteiger charge is 2.49. The van der Waals surface area contributed by atoms with Crippen molar-refractivity contribution in [3.63, 3.8) is 0 Å². The number of benzene rings is 1. The number of rotatable bonds is 10. The zero-order valence-electron chi connectivity index (χ0n) is 24.7. The molecule has 1 aromatic heterocycles. The van der Waals surface area contributed by atoms with Crippen LogP contribution >= 0.6 is 0 Å². The van der Waals surface area contributed by atoms with Crippen molar-refractivity contribution in [2.24, 2.45) is 11.8 Å². The fraction of sp³-hybridized carbons (Fsp3) is 0.600. The molecule has 1 heterocycles. The summed E-state index contributed by atoms with van der Waals surface area (Å²) in [5, 5.41) is 10.2. The molecule has 0 spiro atoms. The van der Waals surface area contributed by atoms with E-state index in [0.717, 1.165) is 6.92 Å². The molecule has 1 aromatic carbocycles. The van der Waals surface area contributed by atoms with Crippen LogP contribution in [-0.4, -0.2) is 46.0 Å². The van der Waals surface area contributed by atoms with Crippen LogP contribution in [0.3, 0.4) is 0 Å². The first-order valence-corrected chi connectivity index (χ1v) is 14.8. The standard InChI is InChI=1S/C23H25F6N5O3.C7H12/c1-11(2)34-17(5-7-31-34)21(37)30-10-19(35)32-16-9-14(23(27,28)29)13(8-15(16)24)12(3)20(36)33-18-4-6-22(18,25)26;1-2-6(1)5-7-3-4-7/h5,7-9,11-12,18H,4,6,10H2,1-3H3,(H,30,37)(H,32,35)(H,33,36);6-7H,1-5H2. The molecule has 0 bridgehead atoms. The topological polar surface area (TPSA) is 105 Å². The van der Waals surface area contributed by atoms with Gasteiger partial charge in [-0.1, -0.05) is 25.7 Å². The lowest BCUT2D eigenvalue weighted by molar-refractivity contribution is -0.140. The SMILES string of the molecule is C1CC1CC1CC1.CC(C(=O)NC1CCC1(F)F)c1cc(F)c(NC(=O)CNC(=O)c2ccnn2C(C)C)cc1C(F)(F)F. The lowest BCUT2D eigenvalue weighted by Crippen LogP contribution is -2.55. The van der Waals surface area contributed by atoms with Crippen LogP contribution in [0.4, 0.5) is 32.0 Å². The molecule has 242 valence electrons. The van der Waals surface area contributed by atoms with Gasteiger partial charge >= 0.3 is 6.18 Å². The van der Waals surface area contributed by atoms with Crippen molar-refractivity contribution in [3.8, 4) is 0 Å².